The van der Waals surface area contributed by atoms with E-state index in [1.54, 1.807) is 12.5 Å². The average Bonchev–Trinajstić information content (AvgIpc) is 3.33. The van der Waals surface area contributed by atoms with Gasteiger partial charge >= 0.3 is 0 Å². The molecule has 0 saturated heterocycles. The molecule has 0 saturated carbocycles. The summed E-state index contributed by atoms with van der Waals surface area (Å²) in [6.45, 7) is 5.67. The second-order valence-corrected chi connectivity index (χ2v) is 9.71. The van der Waals surface area contributed by atoms with Crippen molar-refractivity contribution in [3.05, 3.63) is 89.0 Å². The van der Waals surface area contributed by atoms with E-state index in [0.29, 0.717) is 12.1 Å². The van der Waals surface area contributed by atoms with E-state index in [-0.39, 0.29) is 19.4 Å². The van der Waals surface area contributed by atoms with Crippen molar-refractivity contribution in [2.24, 2.45) is 5.73 Å². The highest BCUT2D eigenvalue weighted by molar-refractivity contribution is 5.82. The Bertz CT molecular complexity index is 1150. The van der Waals surface area contributed by atoms with Crippen LogP contribution in [0.25, 0.3) is 0 Å². The number of aliphatic hydroxyl groups excluding tert-OH is 1. The number of nitrogens with zero attached hydrogens (tertiary/aromatic N) is 2. The molecule has 1 amide bonds. The number of benzene rings is 2. The number of carbonyl (C=O) groups is 1. The van der Waals surface area contributed by atoms with Crippen molar-refractivity contribution in [1.29, 1.82) is 0 Å². The molecule has 7 nitrogen and oxygen atoms in total. The number of nitrogens with two attached hydrogens (primary N) is 1. The minimum absolute atomic E-state index is 0.0374. The molecule has 0 fully saturated rings. The standard InChI is InChI=1S/C29H39F2N5O2/c1-3-5-9-36-19-34-17-25(36)15-26(32)29(38)35-27(13-22-11-23(30)14-24(31)12-22)28(37)18-33-16-21-8-6-7-20(4-2)10-21/h6-8,10-12,14,17,19,26-28,33,37H,3-5,9,13,15-16,18,32H2,1-2H3,(H,35,38)/t26-,27+,28-/m0/s1. The predicted molar refractivity (Wildman–Crippen MR) is 144 cm³/mol. The molecular formula is C29H39F2N5O2. The van der Waals surface area contributed by atoms with Crippen LogP contribution in [0.5, 0.6) is 0 Å². The highest BCUT2D eigenvalue weighted by Crippen LogP contribution is 2.13. The summed E-state index contributed by atoms with van der Waals surface area (Å²) < 4.78 is 29.6. The maximum atomic E-state index is 13.8. The first-order chi connectivity index (χ1) is 18.3. The van der Waals surface area contributed by atoms with Crippen LogP contribution in [0.1, 0.15) is 49.1 Å². The van der Waals surface area contributed by atoms with Crippen molar-refractivity contribution in [3.63, 3.8) is 0 Å². The van der Waals surface area contributed by atoms with Crippen molar-refractivity contribution in [2.75, 3.05) is 6.54 Å². The summed E-state index contributed by atoms with van der Waals surface area (Å²) in [7, 11) is 0. The Hall–Kier alpha value is -3.14. The summed E-state index contributed by atoms with van der Waals surface area (Å²) in [5, 5.41) is 17.0. The van der Waals surface area contributed by atoms with Crippen molar-refractivity contribution < 1.29 is 18.7 Å². The zero-order valence-electron chi connectivity index (χ0n) is 22.2. The molecule has 0 unspecified atom stereocenters. The Morgan fingerprint density at radius 3 is 2.53 bits per heavy atom. The number of nitrogens with one attached hydrogen (secondary N) is 2. The fraction of sp³-hybridized carbons (Fsp3) is 0.448. The number of aryl methyl sites for hydroxylation is 2. The first-order valence-corrected chi connectivity index (χ1v) is 13.3. The summed E-state index contributed by atoms with van der Waals surface area (Å²) in [5.41, 5.74) is 9.70. The SMILES string of the molecule is CCCCn1cncc1C[C@H](N)C(=O)N[C@H](Cc1cc(F)cc(F)c1)[C@@H](O)CNCc1cccc(CC)c1. The largest absolute Gasteiger partial charge is 0.390 e. The highest BCUT2D eigenvalue weighted by Gasteiger charge is 2.25. The van der Waals surface area contributed by atoms with Gasteiger partial charge in [0.05, 0.1) is 24.5 Å². The van der Waals surface area contributed by atoms with E-state index in [1.165, 1.54) is 17.7 Å². The van der Waals surface area contributed by atoms with Crippen LogP contribution in [0.4, 0.5) is 8.78 Å². The molecule has 3 atom stereocenters. The molecule has 2 aromatic carbocycles. The monoisotopic (exact) mass is 527 g/mol. The topological polar surface area (TPSA) is 105 Å². The van der Waals surface area contributed by atoms with Crippen LogP contribution in [0.15, 0.2) is 55.0 Å². The van der Waals surface area contributed by atoms with Gasteiger partial charge < -0.3 is 26.0 Å². The molecule has 9 heteroatoms. The molecular weight excluding hydrogens is 488 g/mol. The lowest BCUT2D eigenvalue weighted by Crippen LogP contribution is -2.53. The van der Waals surface area contributed by atoms with Crippen LogP contribution in [-0.4, -0.2) is 45.3 Å². The second-order valence-electron chi connectivity index (χ2n) is 9.71. The molecule has 206 valence electrons. The molecule has 0 aliphatic heterocycles. The summed E-state index contributed by atoms with van der Waals surface area (Å²) in [4.78, 5) is 17.2. The second kappa shape index (κ2) is 14.7. The van der Waals surface area contributed by atoms with Crippen LogP contribution >= 0.6 is 0 Å². The Balaban J connectivity index is 1.66. The molecule has 1 aromatic heterocycles. The van der Waals surface area contributed by atoms with Gasteiger partial charge in [0.1, 0.15) is 11.6 Å². The maximum absolute atomic E-state index is 13.8. The number of halogens is 2. The van der Waals surface area contributed by atoms with E-state index in [1.807, 2.05) is 16.7 Å². The number of hydrogen-bond acceptors (Lipinski definition) is 5. The minimum Gasteiger partial charge on any atom is -0.390 e. The van der Waals surface area contributed by atoms with Gasteiger partial charge in [0.2, 0.25) is 5.91 Å². The van der Waals surface area contributed by atoms with E-state index in [2.05, 4.69) is 41.6 Å². The zero-order chi connectivity index (χ0) is 27.5. The number of hydrogen-bond donors (Lipinski definition) is 4. The average molecular weight is 528 g/mol. The van der Waals surface area contributed by atoms with Gasteiger partial charge in [-0.25, -0.2) is 13.8 Å². The Labute approximate surface area is 223 Å². The fourth-order valence-electron chi connectivity index (χ4n) is 4.39. The Morgan fingerprint density at radius 1 is 1.08 bits per heavy atom. The van der Waals surface area contributed by atoms with Crippen LogP contribution < -0.4 is 16.4 Å². The van der Waals surface area contributed by atoms with Crippen LogP contribution in [0.2, 0.25) is 0 Å². The molecule has 0 radical (unpaired) electrons. The van der Waals surface area contributed by atoms with Crippen molar-refractivity contribution in [1.82, 2.24) is 20.2 Å². The van der Waals surface area contributed by atoms with E-state index >= 15 is 0 Å². The van der Waals surface area contributed by atoms with Crippen LogP contribution in [0.3, 0.4) is 0 Å². The summed E-state index contributed by atoms with van der Waals surface area (Å²) in [6.07, 6.45) is 5.65. The first-order valence-electron chi connectivity index (χ1n) is 13.3. The van der Waals surface area contributed by atoms with Gasteiger partial charge in [-0.1, -0.05) is 44.5 Å². The summed E-state index contributed by atoms with van der Waals surface area (Å²) in [6, 6.07) is 9.64. The van der Waals surface area contributed by atoms with E-state index in [0.717, 1.165) is 43.1 Å². The molecule has 1 heterocycles. The molecule has 0 spiro atoms. The number of rotatable bonds is 15. The third-order valence-corrected chi connectivity index (χ3v) is 6.57. The first kappa shape index (κ1) is 29.4. The lowest BCUT2D eigenvalue weighted by molar-refractivity contribution is -0.123. The van der Waals surface area contributed by atoms with Crippen molar-refractivity contribution >= 4 is 5.91 Å². The predicted octanol–water partition coefficient (Wildman–Crippen LogP) is 3.27. The van der Waals surface area contributed by atoms with Gasteiger partial charge in [-0.05, 0) is 48.1 Å². The Kier molecular flexibility index (Phi) is 11.4. The quantitative estimate of drug-likeness (QED) is 0.243. The van der Waals surface area contributed by atoms with Crippen molar-refractivity contribution in [3.8, 4) is 0 Å². The Morgan fingerprint density at radius 2 is 1.82 bits per heavy atom. The number of imidazole rings is 1. The molecule has 38 heavy (non-hydrogen) atoms. The molecule has 3 rings (SSSR count). The van der Waals surface area contributed by atoms with Gasteiger partial charge in [-0.2, -0.15) is 0 Å². The number of aromatic nitrogens is 2. The minimum atomic E-state index is -1.03. The number of amides is 1. The lowest BCUT2D eigenvalue weighted by atomic mass is 9.99. The third-order valence-electron chi connectivity index (χ3n) is 6.57. The molecule has 0 aliphatic rings. The molecule has 0 aliphatic carbocycles. The normalized spacial score (nSPS) is 13.7. The van der Waals surface area contributed by atoms with E-state index < -0.39 is 35.7 Å². The van der Waals surface area contributed by atoms with Gasteiger partial charge in [-0.3, -0.25) is 4.79 Å². The fourth-order valence-corrected chi connectivity index (χ4v) is 4.39. The number of unbranched alkanes of at least 4 members (excludes halogenated alkanes) is 1. The summed E-state index contributed by atoms with van der Waals surface area (Å²) >= 11 is 0. The van der Waals surface area contributed by atoms with Gasteiger partial charge in [0, 0.05) is 44.0 Å². The number of aliphatic hydroxyl groups is 1. The van der Waals surface area contributed by atoms with E-state index in [4.69, 9.17) is 5.73 Å². The van der Waals surface area contributed by atoms with Gasteiger partial charge in [0.25, 0.3) is 0 Å². The lowest BCUT2D eigenvalue weighted by Gasteiger charge is -2.26. The van der Waals surface area contributed by atoms with Gasteiger partial charge in [0.15, 0.2) is 0 Å². The number of carbonyl (C=O) groups excluding carboxylic acids is 1. The zero-order valence-corrected chi connectivity index (χ0v) is 22.2. The van der Waals surface area contributed by atoms with Crippen LogP contribution in [-0.2, 0) is 37.1 Å². The van der Waals surface area contributed by atoms with Gasteiger partial charge in [-0.15, -0.1) is 0 Å². The highest BCUT2D eigenvalue weighted by atomic mass is 19.1. The smallest absolute Gasteiger partial charge is 0.237 e. The molecule has 0 bridgehead atoms. The van der Waals surface area contributed by atoms with Crippen LogP contribution in [0, 0.1) is 11.6 Å². The maximum Gasteiger partial charge on any atom is 0.237 e. The third kappa shape index (κ3) is 9.01. The summed E-state index contributed by atoms with van der Waals surface area (Å²) in [5.74, 6) is -1.89. The molecule has 3 aromatic rings. The van der Waals surface area contributed by atoms with E-state index in [9.17, 15) is 18.7 Å². The van der Waals surface area contributed by atoms with Crippen molar-refractivity contribution in [2.45, 2.75) is 77.2 Å². The molecule has 5 N–H and O–H groups in total.